The molecule has 6 heteroatoms. The summed E-state index contributed by atoms with van der Waals surface area (Å²) in [4.78, 5) is 26.4. The third kappa shape index (κ3) is 2.16. The molecule has 0 aromatic carbocycles. The van der Waals surface area contributed by atoms with Crippen LogP contribution in [0.4, 0.5) is 5.82 Å². The Morgan fingerprint density at radius 1 is 1.53 bits per heavy atom. The van der Waals surface area contributed by atoms with Gasteiger partial charge < -0.3 is 16.2 Å². The Morgan fingerprint density at radius 3 is 3.00 bits per heavy atom. The average Bonchev–Trinajstić information content (AvgIpc) is 2.36. The number of hydrogen-bond donors (Lipinski definition) is 3. The Balaban J connectivity index is 2.28. The Bertz CT molecular complexity index is 510. The molecule has 1 aromatic heterocycles. The standard InChI is InChI=1S/C11H11N3O3/c12-8(11(16)17)9(15)7-4-6-2-1-3-13-10(6)14-5-7/h1-4,8H,5,12H2,(H,13,14)(H,16,17). The number of carboxylic acids is 1. The van der Waals surface area contributed by atoms with Crippen LogP contribution in [0.2, 0.25) is 0 Å². The molecule has 0 saturated heterocycles. The lowest BCUT2D eigenvalue weighted by atomic mass is 10.00. The highest BCUT2D eigenvalue weighted by Crippen LogP contribution is 2.21. The number of aliphatic carboxylic acids is 1. The highest BCUT2D eigenvalue weighted by atomic mass is 16.4. The highest BCUT2D eigenvalue weighted by Gasteiger charge is 2.26. The first kappa shape index (κ1) is 11.3. The van der Waals surface area contributed by atoms with E-state index in [-0.39, 0.29) is 6.54 Å². The molecule has 4 N–H and O–H groups in total. The van der Waals surface area contributed by atoms with Crippen molar-refractivity contribution in [3.05, 3.63) is 29.5 Å². The molecule has 2 rings (SSSR count). The first-order valence-electron chi connectivity index (χ1n) is 5.01. The third-order valence-electron chi connectivity index (χ3n) is 2.48. The van der Waals surface area contributed by atoms with Gasteiger partial charge in [0.05, 0.1) is 0 Å². The number of nitrogens with zero attached hydrogens (tertiary/aromatic N) is 1. The Morgan fingerprint density at radius 2 is 2.29 bits per heavy atom. The summed E-state index contributed by atoms with van der Waals surface area (Å²) in [5.41, 5.74) is 6.37. The number of fused-ring (bicyclic) bond motifs is 1. The van der Waals surface area contributed by atoms with E-state index in [1.54, 1.807) is 24.4 Å². The maximum atomic E-state index is 11.7. The average molecular weight is 233 g/mol. The van der Waals surface area contributed by atoms with Crippen molar-refractivity contribution in [3.63, 3.8) is 0 Å². The summed E-state index contributed by atoms with van der Waals surface area (Å²) < 4.78 is 0. The van der Waals surface area contributed by atoms with Crippen LogP contribution in [0.25, 0.3) is 6.08 Å². The molecule has 6 nitrogen and oxygen atoms in total. The zero-order valence-electron chi connectivity index (χ0n) is 8.88. The normalized spacial score (nSPS) is 15.2. The Kier molecular flexibility index (Phi) is 2.88. The number of nitrogens with two attached hydrogens (primary N) is 1. The van der Waals surface area contributed by atoms with Crippen molar-refractivity contribution in [2.45, 2.75) is 6.04 Å². The second kappa shape index (κ2) is 4.34. The van der Waals surface area contributed by atoms with E-state index >= 15 is 0 Å². The molecule has 1 atom stereocenters. The van der Waals surface area contributed by atoms with E-state index in [0.29, 0.717) is 11.4 Å². The molecule has 0 bridgehead atoms. The molecule has 0 fully saturated rings. The molecule has 0 spiro atoms. The van der Waals surface area contributed by atoms with E-state index in [2.05, 4.69) is 10.3 Å². The number of hydrogen-bond acceptors (Lipinski definition) is 5. The van der Waals surface area contributed by atoms with Gasteiger partial charge in [0.2, 0.25) is 0 Å². The smallest absolute Gasteiger partial charge is 0.328 e. The van der Waals surface area contributed by atoms with E-state index in [1.807, 2.05) is 0 Å². The molecule has 1 aliphatic rings. The molecule has 0 aliphatic carbocycles. The van der Waals surface area contributed by atoms with Crippen LogP contribution in [-0.4, -0.2) is 34.4 Å². The number of carbonyl (C=O) groups is 2. The van der Waals surface area contributed by atoms with Crippen molar-refractivity contribution in [3.8, 4) is 0 Å². The van der Waals surface area contributed by atoms with Gasteiger partial charge >= 0.3 is 5.97 Å². The molecule has 17 heavy (non-hydrogen) atoms. The van der Waals surface area contributed by atoms with Gasteiger partial charge in [0.25, 0.3) is 0 Å². The summed E-state index contributed by atoms with van der Waals surface area (Å²) in [6, 6.07) is 2.01. The van der Waals surface area contributed by atoms with Crippen molar-refractivity contribution < 1.29 is 14.7 Å². The lowest BCUT2D eigenvalue weighted by Crippen LogP contribution is -2.40. The van der Waals surface area contributed by atoms with Crippen molar-refractivity contribution >= 4 is 23.6 Å². The van der Waals surface area contributed by atoms with Gasteiger partial charge in [-0.15, -0.1) is 0 Å². The number of anilines is 1. The van der Waals surface area contributed by atoms with Gasteiger partial charge in [0, 0.05) is 23.9 Å². The number of carbonyl (C=O) groups excluding carboxylic acids is 1. The zero-order chi connectivity index (χ0) is 12.4. The molecule has 88 valence electrons. The summed E-state index contributed by atoms with van der Waals surface area (Å²) in [7, 11) is 0. The minimum atomic E-state index is -1.51. The molecular weight excluding hydrogens is 222 g/mol. The van der Waals surface area contributed by atoms with E-state index in [1.165, 1.54) is 0 Å². The van der Waals surface area contributed by atoms with Crippen molar-refractivity contribution in [2.75, 3.05) is 11.9 Å². The quantitative estimate of drug-likeness (QED) is 0.628. The lowest BCUT2D eigenvalue weighted by molar-refractivity contribution is -0.141. The van der Waals surface area contributed by atoms with Gasteiger partial charge in [-0.05, 0) is 18.2 Å². The van der Waals surface area contributed by atoms with E-state index in [9.17, 15) is 9.59 Å². The van der Waals surface area contributed by atoms with Crippen LogP contribution >= 0.6 is 0 Å². The van der Waals surface area contributed by atoms with Crippen molar-refractivity contribution in [1.29, 1.82) is 0 Å². The summed E-state index contributed by atoms with van der Waals surface area (Å²) in [6.07, 6.45) is 3.25. The van der Waals surface area contributed by atoms with Crippen LogP contribution in [-0.2, 0) is 9.59 Å². The fourth-order valence-corrected chi connectivity index (χ4v) is 1.57. The van der Waals surface area contributed by atoms with E-state index in [0.717, 1.165) is 5.56 Å². The van der Waals surface area contributed by atoms with Crippen LogP contribution in [0.1, 0.15) is 5.56 Å². The van der Waals surface area contributed by atoms with Gasteiger partial charge in [-0.2, -0.15) is 0 Å². The topological polar surface area (TPSA) is 105 Å². The number of Topliss-reactive ketones (excluding diaryl/α,β-unsaturated/α-hetero) is 1. The lowest BCUT2D eigenvalue weighted by Gasteiger charge is -2.17. The van der Waals surface area contributed by atoms with Gasteiger partial charge in [0.1, 0.15) is 5.82 Å². The van der Waals surface area contributed by atoms with Crippen LogP contribution in [0.15, 0.2) is 23.9 Å². The van der Waals surface area contributed by atoms with Crippen LogP contribution in [0.5, 0.6) is 0 Å². The maximum Gasteiger partial charge on any atom is 0.328 e. The monoisotopic (exact) mass is 233 g/mol. The van der Waals surface area contributed by atoms with Gasteiger partial charge in [-0.1, -0.05) is 0 Å². The van der Waals surface area contributed by atoms with Crippen LogP contribution in [0, 0.1) is 0 Å². The number of pyridine rings is 1. The molecule has 1 aromatic rings. The molecule has 1 aliphatic heterocycles. The minimum absolute atomic E-state index is 0.240. The Labute approximate surface area is 97.2 Å². The fraction of sp³-hybridized carbons (Fsp3) is 0.182. The first-order valence-corrected chi connectivity index (χ1v) is 5.01. The number of nitrogens with one attached hydrogen (secondary N) is 1. The van der Waals surface area contributed by atoms with Gasteiger partial charge in [0.15, 0.2) is 11.8 Å². The maximum absolute atomic E-state index is 11.7. The second-order valence-corrected chi connectivity index (χ2v) is 3.64. The molecular formula is C11H11N3O3. The SMILES string of the molecule is NC(C(=O)O)C(=O)C1=Cc2cccnc2NC1. The third-order valence-corrected chi connectivity index (χ3v) is 2.48. The van der Waals surface area contributed by atoms with Crippen LogP contribution < -0.4 is 11.1 Å². The summed E-state index contributed by atoms with van der Waals surface area (Å²) in [5, 5.41) is 11.6. The molecule has 0 amide bonds. The largest absolute Gasteiger partial charge is 0.480 e. The first-order chi connectivity index (χ1) is 8.09. The molecule has 1 unspecified atom stereocenters. The van der Waals surface area contributed by atoms with Gasteiger partial charge in [-0.3, -0.25) is 9.59 Å². The number of carboxylic acid groups (broad SMARTS) is 1. The number of aromatic nitrogens is 1. The summed E-state index contributed by atoms with van der Waals surface area (Å²) in [6.45, 7) is 0.240. The number of rotatable bonds is 3. The summed E-state index contributed by atoms with van der Waals surface area (Å²) in [5.74, 6) is -1.24. The predicted octanol–water partition coefficient (Wildman–Crippen LogP) is -0.129. The minimum Gasteiger partial charge on any atom is -0.480 e. The highest BCUT2D eigenvalue weighted by molar-refractivity contribution is 6.14. The zero-order valence-corrected chi connectivity index (χ0v) is 8.88. The van der Waals surface area contributed by atoms with E-state index in [4.69, 9.17) is 10.8 Å². The molecule has 0 radical (unpaired) electrons. The van der Waals surface area contributed by atoms with Crippen molar-refractivity contribution in [1.82, 2.24) is 4.98 Å². The van der Waals surface area contributed by atoms with Crippen molar-refractivity contribution in [2.24, 2.45) is 5.73 Å². The van der Waals surface area contributed by atoms with Crippen LogP contribution in [0.3, 0.4) is 0 Å². The second-order valence-electron chi connectivity index (χ2n) is 3.64. The van der Waals surface area contributed by atoms with E-state index < -0.39 is 17.8 Å². The number of ketones is 1. The molecule has 2 heterocycles. The fourth-order valence-electron chi connectivity index (χ4n) is 1.57. The Hall–Kier alpha value is -2.21. The van der Waals surface area contributed by atoms with Gasteiger partial charge in [-0.25, -0.2) is 4.98 Å². The predicted molar refractivity (Wildman–Crippen MR) is 61.3 cm³/mol. The molecule has 0 saturated carbocycles. The summed E-state index contributed by atoms with van der Waals surface area (Å²) >= 11 is 0.